The number of carbonyl (C=O) groups excluding carboxylic acids is 1. The van der Waals surface area contributed by atoms with Gasteiger partial charge in [0.05, 0.1) is 10.6 Å². The van der Waals surface area contributed by atoms with Crippen molar-refractivity contribution in [2.75, 3.05) is 5.32 Å². The molecule has 4 aromatic rings. The highest BCUT2D eigenvalue weighted by Crippen LogP contribution is 2.25. The Morgan fingerprint density at radius 3 is 2.70 bits per heavy atom. The zero-order valence-electron chi connectivity index (χ0n) is 14.9. The maximum absolute atomic E-state index is 11.9. The molecule has 136 valence electrons. The van der Waals surface area contributed by atoms with Gasteiger partial charge < -0.3 is 5.32 Å². The molecule has 0 unspecified atom stereocenters. The van der Waals surface area contributed by atoms with Crippen molar-refractivity contribution < 1.29 is 4.79 Å². The summed E-state index contributed by atoms with van der Waals surface area (Å²) < 4.78 is 1.77. The molecule has 1 amide bonds. The van der Waals surface area contributed by atoms with Crippen LogP contribution in [-0.2, 0) is 4.79 Å². The van der Waals surface area contributed by atoms with Crippen LogP contribution in [0.3, 0.4) is 0 Å². The molecule has 0 saturated heterocycles. The average molecular weight is 377 g/mol. The van der Waals surface area contributed by atoms with Gasteiger partial charge in [0.2, 0.25) is 5.91 Å². The molecular formula is C20H19N5OS. The summed E-state index contributed by atoms with van der Waals surface area (Å²) in [7, 11) is 0. The molecule has 0 saturated carbocycles. The SMILES string of the molecule is CCCCC(=O)Nc1ccc(-c2ccc3nnc(-c4cccs4)n3n2)cc1. The van der Waals surface area contributed by atoms with Crippen molar-refractivity contribution in [3.8, 4) is 22.0 Å². The van der Waals surface area contributed by atoms with E-state index in [1.807, 2.05) is 53.9 Å². The lowest BCUT2D eigenvalue weighted by atomic mass is 10.1. The molecule has 4 rings (SSSR count). The second-order valence-corrected chi connectivity index (χ2v) is 7.17. The van der Waals surface area contributed by atoms with E-state index in [4.69, 9.17) is 5.10 Å². The Hall–Kier alpha value is -3.06. The van der Waals surface area contributed by atoms with E-state index in [-0.39, 0.29) is 5.91 Å². The number of unbranched alkanes of at least 4 members (excludes halogenated alkanes) is 1. The summed E-state index contributed by atoms with van der Waals surface area (Å²) >= 11 is 1.61. The van der Waals surface area contributed by atoms with Crippen LogP contribution < -0.4 is 5.32 Å². The molecular weight excluding hydrogens is 358 g/mol. The third-order valence-electron chi connectivity index (χ3n) is 4.23. The number of fused-ring (bicyclic) bond motifs is 1. The summed E-state index contributed by atoms with van der Waals surface area (Å²) in [4.78, 5) is 12.9. The number of anilines is 1. The molecule has 0 fully saturated rings. The average Bonchev–Trinajstić information content (AvgIpc) is 3.35. The van der Waals surface area contributed by atoms with Gasteiger partial charge in [-0.2, -0.15) is 9.61 Å². The third-order valence-corrected chi connectivity index (χ3v) is 5.09. The van der Waals surface area contributed by atoms with E-state index in [0.717, 1.165) is 40.5 Å². The van der Waals surface area contributed by atoms with E-state index < -0.39 is 0 Å². The van der Waals surface area contributed by atoms with Gasteiger partial charge in [0, 0.05) is 17.7 Å². The molecule has 6 nitrogen and oxygen atoms in total. The van der Waals surface area contributed by atoms with Gasteiger partial charge in [-0.25, -0.2) is 0 Å². The highest BCUT2D eigenvalue weighted by molar-refractivity contribution is 7.13. The normalized spacial score (nSPS) is 11.0. The van der Waals surface area contributed by atoms with Crippen molar-refractivity contribution in [1.82, 2.24) is 19.8 Å². The summed E-state index contributed by atoms with van der Waals surface area (Å²) in [5, 5.41) is 18.1. The fourth-order valence-corrected chi connectivity index (χ4v) is 3.48. The zero-order valence-corrected chi connectivity index (χ0v) is 15.7. The van der Waals surface area contributed by atoms with Crippen LogP contribution in [0.1, 0.15) is 26.2 Å². The minimum Gasteiger partial charge on any atom is -0.326 e. The fraction of sp³-hybridized carbons (Fsp3) is 0.200. The molecule has 3 heterocycles. The molecule has 0 aliphatic rings. The summed E-state index contributed by atoms with van der Waals surface area (Å²) in [6.45, 7) is 2.07. The second-order valence-electron chi connectivity index (χ2n) is 6.22. The number of thiophene rings is 1. The van der Waals surface area contributed by atoms with Gasteiger partial charge in [-0.15, -0.1) is 21.5 Å². The first-order valence-corrected chi connectivity index (χ1v) is 9.79. The summed E-state index contributed by atoms with van der Waals surface area (Å²) in [5.41, 5.74) is 3.30. The Morgan fingerprint density at radius 1 is 1.11 bits per heavy atom. The molecule has 0 bridgehead atoms. The fourth-order valence-electron chi connectivity index (χ4n) is 2.79. The van der Waals surface area contributed by atoms with Gasteiger partial charge in [-0.1, -0.05) is 31.5 Å². The standard InChI is InChI=1S/C20H19N5OS/c1-2-3-6-19(26)21-15-9-7-14(8-10-15)16-11-12-18-22-23-20(25(18)24-16)17-5-4-13-27-17/h4-5,7-13H,2-3,6H2,1H3,(H,21,26). The predicted molar refractivity (Wildman–Crippen MR) is 108 cm³/mol. The number of nitrogens with one attached hydrogen (secondary N) is 1. The van der Waals surface area contributed by atoms with E-state index in [0.29, 0.717) is 12.1 Å². The third kappa shape index (κ3) is 3.73. The van der Waals surface area contributed by atoms with Gasteiger partial charge >= 0.3 is 0 Å². The van der Waals surface area contributed by atoms with Gasteiger partial charge in [-0.3, -0.25) is 4.79 Å². The van der Waals surface area contributed by atoms with Crippen LogP contribution in [0, 0.1) is 0 Å². The molecule has 0 aliphatic heterocycles. The molecule has 0 spiro atoms. The van der Waals surface area contributed by atoms with Crippen LogP contribution in [0.2, 0.25) is 0 Å². The van der Waals surface area contributed by atoms with Gasteiger partial charge in [0.1, 0.15) is 0 Å². The first-order valence-electron chi connectivity index (χ1n) is 8.91. The van der Waals surface area contributed by atoms with Crippen LogP contribution in [0.4, 0.5) is 5.69 Å². The van der Waals surface area contributed by atoms with Crippen LogP contribution in [0.5, 0.6) is 0 Å². The van der Waals surface area contributed by atoms with E-state index in [1.165, 1.54) is 0 Å². The Labute approximate surface area is 160 Å². The molecule has 7 heteroatoms. The number of carbonyl (C=O) groups is 1. The number of rotatable bonds is 6. The highest BCUT2D eigenvalue weighted by Gasteiger charge is 2.11. The lowest BCUT2D eigenvalue weighted by molar-refractivity contribution is -0.116. The topological polar surface area (TPSA) is 72.2 Å². The zero-order chi connectivity index (χ0) is 18.6. The van der Waals surface area contributed by atoms with Crippen molar-refractivity contribution in [3.05, 3.63) is 53.9 Å². The van der Waals surface area contributed by atoms with E-state index in [2.05, 4.69) is 22.4 Å². The lowest BCUT2D eigenvalue weighted by Crippen LogP contribution is -2.10. The quantitative estimate of drug-likeness (QED) is 0.531. The van der Waals surface area contributed by atoms with Gasteiger partial charge in [0.25, 0.3) is 0 Å². The molecule has 1 aromatic carbocycles. The number of benzene rings is 1. The van der Waals surface area contributed by atoms with Crippen molar-refractivity contribution in [3.63, 3.8) is 0 Å². The number of amides is 1. The highest BCUT2D eigenvalue weighted by atomic mass is 32.1. The van der Waals surface area contributed by atoms with Crippen molar-refractivity contribution in [2.45, 2.75) is 26.2 Å². The molecule has 0 radical (unpaired) electrons. The molecule has 0 atom stereocenters. The van der Waals surface area contributed by atoms with Crippen molar-refractivity contribution >= 4 is 28.6 Å². The van der Waals surface area contributed by atoms with Gasteiger partial charge in [-0.05, 0) is 42.1 Å². The van der Waals surface area contributed by atoms with Gasteiger partial charge in [0.15, 0.2) is 11.5 Å². The van der Waals surface area contributed by atoms with E-state index in [1.54, 1.807) is 15.9 Å². The Kier molecular flexibility index (Phi) is 4.93. The number of hydrogen-bond donors (Lipinski definition) is 1. The molecule has 27 heavy (non-hydrogen) atoms. The first-order chi connectivity index (χ1) is 13.2. The number of aromatic nitrogens is 4. The van der Waals surface area contributed by atoms with Crippen molar-refractivity contribution in [1.29, 1.82) is 0 Å². The van der Waals surface area contributed by atoms with E-state index >= 15 is 0 Å². The summed E-state index contributed by atoms with van der Waals surface area (Å²) in [6.07, 6.45) is 2.46. The minimum absolute atomic E-state index is 0.0502. The molecule has 0 aliphatic carbocycles. The number of hydrogen-bond acceptors (Lipinski definition) is 5. The Morgan fingerprint density at radius 2 is 1.96 bits per heavy atom. The second kappa shape index (κ2) is 7.67. The largest absolute Gasteiger partial charge is 0.326 e. The van der Waals surface area contributed by atoms with Crippen LogP contribution in [0.15, 0.2) is 53.9 Å². The van der Waals surface area contributed by atoms with E-state index in [9.17, 15) is 4.79 Å². The maximum atomic E-state index is 11.9. The Bertz CT molecular complexity index is 1050. The smallest absolute Gasteiger partial charge is 0.224 e. The molecule has 3 aromatic heterocycles. The van der Waals surface area contributed by atoms with Crippen LogP contribution >= 0.6 is 11.3 Å². The maximum Gasteiger partial charge on any atom is 0.224 e. The monoisotopic (exact) mass is 377 g/mol. The van der Waals surface area contributed by atoms with Crippen LogP contribution in [0.25, 0.3) is 27.6 Å². The first kappa shape index (κ1) is 17.4. The minimum atomic E-state index is 0.0502. The molecule has 1 N–H and O–H groups in total. The predicted octanol–water partition coefficient (Wildman–Crippen LogP) is 4.65. The lowest BCUT2D eigenvalue weighted by Gasteiger charge is -2.07. The summed E-state index contributed by atoms with van der Waals surface area (Å²) in [6, 6.07) is 15.5. The Balaban J connectivity index is 1.59. The summed E-state index contributed by atoms with van der Waals surface area (Å²) in [5.74, 6) is 0.788. The number of nitrogens with zero attached hydrogens (tertiary/aromatic N) is 4. The van der Waals surface area contributed by atoms with Crippen LogP contribution in [-0.4, -0.2) is 25.7 Å². The van der Waals surface area contributed by atoms with Crippen molar-refractivity contribution in [2.24, 2.45) is 0 Å².